The second kappa shape index (κ2) is 9.41. The standard InChI is InChI=1S/C29H37N7O/c1-18-9-8-10-24(21(18)4)34-13-15-35(16-14-34)26(27-31-32-33-36(27)29(5,6)7)23-17-22-19(2)11-12-20(3)25(22)30-28(23)37/h8-12,17,26H,13-16H2,1-7H3,(H,30,37)/t26-/m0/s1. The maximum absolute atomic E-state index is 13.6. The van der Waals surface area contributed by atoms with Gasteiger partial charge in [-0.2, -0.15) is 0 Å². The van der Waals surface area contributed by atoms with E-state index < -0.39 is 0 Å². The smallest absolute Gasteiger partial charge is 0.253 e. The lowest BCUT2D eigenvalue weighted by molar-refractivity contribution is 0.190. The largest absolute Gasteiger partial charge is 0.369 e. The van der Waals surface area contributed by atoms with Crippen LogP contribution in [0.25, 0.3) is 10.9 Å². The number of hydrogen-bond acceptors (Lipinski definition) is 6. The van der Waals surface area contributed by atoms with Gasteiger partial charge in [-0.25, -0.2) is 4.68 Å². The molecule has 3 heterocycles. The zero-order valence-corrected chi connectivity index (χ0v) is 23.0. The third kappa shape index (κ3) is 4.55. The van der Waals surface area contributed by atoms with Crippen molar-refractivity contribution in [1.29, 1.82) is 0 Å². The average molecular weight is 500 g/mol. The van der Waals surface area contributed by atoms with Crippen molar-refractivity contribution in [2.24, 2.45) is 0 Å². The molecule has 4 aromatic rings. The van der Waals surface area contributed by atoms with Crippen LogP contribution in [0.2, 0.25) is 0 Å². The fourth-order valence-corrected chi connectivity index (χ4v) is 5.44. The third-order valence-electron chi connectivity index (χ3n) is 7.74. The summed E-state index contributed by atoms with van der Waals surface area (Å²) < 4.78 is 1.86. The quantitative estimate of drug-likeness (QED) is 0.448. The highest BCUT2D eigenvalue weighted by molar-refractivity contribution is 5.85. The van der Waals surface area contributed by atoms with Crippen LogP contribution in [-0.2, 0) is 5.54 Å². The van der Waals surface area contributed by atoms with E-state index in [1.54, 1.807) is 0 Å². The number of pyridine rings is 1. The molecule has 194 valence electrons. The van der Waals surface area contributed by atoms with Crippen molar-refractivity contribution in [1.82, 2.24) is 30.1 Å². The van der Waals surface area contributed by atoms with Gasteiger partial charge >= 0.3 is 0 Å². The van der Waals surface area contributed by atoms with Crippen LogP contribution in [0.3, 0.4) is 0 Å². The molecule has 1 fully saturated rings. The van der Waals surface area contributed by atoms with E-state index in [-0.39, 0.29) is 17.1 Å². The molecule has 37 heavy (non-hydrogen) atoms. The van der Waals surface area contributed by atoms with Crippen molar-refractivity contribution in [3.63, 3.8) is 0 Å². The first kappa shape index (κ1) is 25.1. The van der Waals surface area contributed by atoms with E-state index in [4.69, 9.17) is 0 Å². The fourth-order valence-electron chi connectivity index (χ4n) is 5.44. The molecule has 1 atom stereocenters. The SMILES string of the molecule is Cc1cccc(N2CCN([C@@H](c3cc4c(C)ccc(C)c4[nH]c3=O)c3nnnn3C(C)(C)C)CC2)c1C. The molecule has 0 unspecified atom stereocenters. The Morgan fingerprint density at radius 3 is 2.32 bits per heavy atom. The van der Waals surface area contributed by atoms with E-state index in [1.807, 2.05) is 11.6 Å². The van der Waals surface area contributed by atoms with E-state index in [2.05, 4.69) is 108 Å². The number of nitrogens with one attached hydrogen (secondary N) is 1. The second-order valence-corrected chi connectivity index (χ2v) is 11.3. The van der Waals surface area contributed by atoms with Gasteiger partial charge in [0.1, 0.15) is 6.04 Å². The predicted molar refractivity (Wildman–Crippen MR) is 148 cm³/mol. The van der Waals surface area contributed by atoms with Crippen LogP contribution >= 0.6 is 0 Å². The Hall–Kier alpha value is -3.52. The van der Waals surface area contributed by atoms with Crippen LogP contribution < -0.4 is 10.5 Å². The second-order valence-electron chi connectivity index (χ2n) is 11.3. The summed E-state index contributed by atoms with van der Waals surface area (Å²) in [5, 5.41) is 13.9. The summed E-state index contributed by atoms with van der Waals surface area (Å²) in [5.41, 5.74) is 7.25. The average Bonchev–Trinajstić information content (AvgIpc) is 3.35. The number of fused-ring (bicyclic) bond motifs is 1. The summed E-state index contributed by atoms with van der Waals surface area (Å²) in [4.78, 5) is 21.6. The molecule has 5 rings (SSSR count). The van der Waals surface area contributed by atoms with Gasteiger partial charge < -0.3 is 9.88 Å². The summed E-state index contributed by atoms with van der Waals surface area (Å²) in [5.74, 6) is 0.697. The van der Waals surface area contributed by atoms with Crippen LogP contribution in [0.15, 0.2) is 41.2 Å². The van der Waals surface area contributed by atoms with Crippen LogP contribution in [-0.4, -0.2) is 56.3 Å². The molecular weight excluding hydrogens is 462 g/mol. The maximum atomic E-state index is 13.6. The molecule has 8 nitrogen and oxygen atoms in total. The Bertz CT molecular complexity index is 1500. The number of anilines is 1. The lowest BCUT2D eigenvalue weighted by atomic mass is 9.98. The van der Waals surface area contributed by atoms with Gasteiger partial charge in [0.15, 0.2) is 5.82 Å². The summed E-state index contributed by atoms with van der Waals surface area (Å²) in [7, 11) is 0. The van der Waals surface area contributed by atoms with Gasteiger partial charge in [-0.3, -0.25) is 9.69 Å². The number of nitrogens with zero attached hydrogens (tertiary/aromatic N) is 6. The molecule has 1 aliphatic heterocycles. The molecule has 0 spiro atoms. The number of aryl methyl sites for hydroxylation is 3. The first-order valence-electron chi connectivity index (χ1n) is 13.0. The van der Waals surface area contributed by atoms with Crippen molar-refractivity contribution in [3.05, 3.63) is 80.4 Å². The summed E-state index contributed by atoms with van der Waals surface area (Å²) in [6.07, 6.45) is 0. The number of piperazine rings is 1. The van der Waals surface area contributed by atoms with Gasteiger partial charge in [0.25, 0.3) is 5.56 Å². The van der Waals surface area contributed by atoms with Crippen molar-refractivity contribution in [2.45, 2.75) is 60.0 Å². The van der Waals surface area contributed by atoms with Crippen LogP contribution in [0.5, 0.6) is 0 Å². The first-order chi connectivity index (χ1) is 17.6. The number of aromatic nitrogens is 5. The topological polar surface area (TPSA) is 82.9 Å². The molecule has 0 saturated carbocycles. The Morgan fingerprint density at radius 1 is 0.919 bits per heavy atom. The lowest BCUT2D eigenvalue weighted by Crippen LogP contribution is -2.49. The Morgan fingerprint density at radius 2 is 1.62 bits per heavy atom. The molecule has 0 radical (unpaired) electrons. The van der Waals surface area contributed by atoms with Crippen molar-refractivity contribution in [2.75, 3.05) is 31.1 Å². The molecule has 1 saturated heterocycles. The third-order valence-corrected chi connectivity index (χ3v) is 7.74. The molecule has 1 N–H and O–H groups in total. The molecule has 1 aliphatic rings. The Balaban J connectivity index is 1.59. The van der Waals surface area contributed by atoms with E-state index in [0.717, 1.165) is 48.2 Å². The van der Waals surface area contributed by atoms with Crippen LogP contribution in [0, 0.1) is 27.7 Å². The van der Waals surface area contributed by atoms with Crippen molar-refractivity contribution in [3.8, 4) is 0 Å². The molecule has 2 aromatic heterocycles. The van der Waals surface area contributed by atoms with Crippen molar-refractivity contribution >= 4 is 16.6 Å². The van der Waals surface area contributed by atoms with E-state index in [9.17, 15) is 4.79 Å². The van der Waals surface area contributed by atoms with Crippen molar-refractivity contribution < 1.29 is 0 Å². The van der Waals surface area contributed by atoms with E-state index >= 15 is 0 Å². The lowest BCUT2D eigenvalue weighted by Gasteiger charge is -2.40. The number of H-pyrrole nitrogens is 1. The number of hydrogen-bond donors (Lipinski definition) is 1. The first-order valence-corrected chi connectivity index (χ1v) is 13.0. The fraction of sp³-hybridized carbons (Fsp3) is 0.448. The Kier molecular flexibility index (Phi) is 6.40. The highest BCUT2D eigenvalue weighted by Crippen LogP contribution is 2.32. The van der Waals surface area contributed by atoms with Gasteiger partial charge in [-0.05, 0) is 93.3 Å². The Labute approximate surface area is 218 Å². The molecule has 0 aliphatic carbocycles. The van der Waals surface area contributed by atoms with E-state index in [1.165, 1.54) is 16.8 Å². The molecule has 0 bridgehead atoms. The van der Waals surface area contributed by atoms with Gasteiger partial charge in [0.05, 0.1) is 11.1 Å². The predicted octanol–water partition coefficient (Wildman–Crippen LogP) is 4.41. The monoisotopic (exact) mass is 499 g/mol. The molecule has 8 heteroatoms. The number of tetrazole rings is 1. The number of aromatic amines is 1. The minimum absolute atomic E-state index is 0.0911. The normalized spacial score (nSPS) is 15.9. The zero-order chi connectivity index (χ0) is 26.5. The minimum Gasteiger partial charge on any atom is -0.369 e. The summed E-state index contributed by atoms with van der Waals surface area (Å²) in [6, 6.07) is 12.3. The maximum Gasteiger partial charge on any atom is 0.253 e. The molecule has 0 amide bonds. The van der Waals surface area contributed by atoms with E-state index in [0.29, 0.717) is 11.4 Å². The highest BCUT2D eigenvalue weighted by Gasteiger charge is 2.35. The van der Waals surface area contributed by atoms with Crippen LogP contribution in [0.1, 0.15) is 60.5 Å². The van der Waals surface area contributed by atoms with Gasteiger partial charge in [-0.1, -0.05) is 24.3 Å². The van der Waals surface area contributed by atoms with Gasteiger partial charge in [0.2, 0.25) is 0 Å². The minimum atomic E-state index is -0.358. The molecular formula is C29H37N7O. The molecule has 2 aromatic carbocycles. The number of benzene rings is 2. The summed E-state index contributed by atoms with van der Waals surface area (Å²) >= 11 is 0. The van der Waals surface area contributed by atoms with Crippen LogP contribution in [0.4, 0.5) is 5.69 Å². The van der Waals surface area contributed by atoms with Gasteiger partial charge in [-0.15, -0.1) is 5.10 Å². The zero-order valence-electron chi connectivity index (χ0n) is 23.0. The highest BCUT2D eigenvalue weighted by atomic mass is 16.1. The number of rotatable bonds is 4. The summed E-state index contributed by atoms with van der Waals surface area (Å²) in [6.45, 7) is 18.0. The van der Waals surface area contributed by atoms with Gasteiger partial charge in [0, 0.05) is 42.8 Å².